The normalized spacial score (nSPS) is 23.5. The van der Waals surface area contributed by atoms with Crippen LogP contribution in [0.3, 0.4) is 0 Å². The van der Waals surface area contributed by atoms with E-state index >= 15 is 0 Å². The fraction of sp³-hybridized carbons (Fsp3) is 0.280. The van der Waals surface area contributed by atoms with Gasteiger partial charge in [0.25, 0.3) is 10.0 Å². The second kappa shape index (κ2) is 9.24. The Hall–Kier alpha value is -3.71. The first kappa shape index (κ1) is 25.9. The van der Waals surface area contributed by atoms with Gasteiger partial charge in [-0.05, 0) is 42.3 Å². The Labute approximate surface area is 226 Å². The topological polar surface area (TPSA) is 141 Å². The van der Waals surface area contributed by atoms with Crippen molar-refractivity contribution in [3.8, 4) is 0 Å². The zero-order chi connectivity index (χ0) is 27.4. The van der Waals surface area contributed by atoms with Crippen LogP contribution >= 0.6 is 15.9 Å². The molecule has 5 rings (SSSR count). The van der Waals surface area contributed by atoms with Gasteiger partial charge in [0, 0.05) is 10.2 Å². The Morgan fingerprint density at radius 3 is 2.29 bits per heavy atom. The van der Waals surface area contributed by atoms with E-state index in [0.717, 1.165) is 25.6 Å². The van der Waals surface area contributed by atoms with E-state index in [-0.39, 0.29) is 22.7 Å². The fourth-order valence-corrected chi connectivity index (χ4v) is 7.30. The molecule has 0 unspecified atom stereocenters. The summed E-state index contributed by atoms with van der Waals surface area (Å²) < 4.78 is 44.7. The van der Waals surface area contributed by atoms with Gasteiger partial charge in [0.15, 0.2) is 5.70 Å². The summed E-state index contributed by atoms with van der Waals surface area (Å²) in [4.78, 5) is 43.4. The number of methoxy groups -OCH3 is 3. The number of amidine groups is 1. The van der Waals surface area contributed by atoms with Gasteiger partial charge in [-0.3, -0.25) is 0 Å². The smallest absolute Gasteiger partial charge is 0.357 e. The van der Waals surface area contributed by atoms with E-state index in [2.05, 4.69) is 26.2 Å². The molecule has 3 aliphatic rings. The molecule has 1 spiro atoms. The maximum atomic E-state index is 14.1. The number of halogens is 1. The minimum Gasteiger partial charge on any atom is -0.467 e. The zero-order valence-corrected chi connectivity index (χ0v) is 22.8. The summed E-state index contributed by atoms with van der Waals surface area (Å²) in [6.45, 7) is 0. The van der Waals surface area contributed by atoms with Crippen LogP contribution in [0.1, 0.15) is 12.0 Å². The van der Waals surface area contributed by atoms with Crippen molar-refractivity contribution in [2.75, 3.05) is 26.6 Å². The minimum atomic E-state index is -4.41. The number of carbonyl (C=O) groups is 3. The molecule has 0 bridgehead atoms. The summed E-state index contributed by atoms with van der Waals surface area (Å²) in [6.07, 6.45) is -0.113. The molecule has 198 valence electrons. The molecule has 0 aliphatic carbocycles. The van der Waals surface area contributed by atoms with Crippen LogP contribution in [-0.2, 0) is 44.0 Å². The molecule has 3 aliphatic heterocycles. The van der Waals surface area contributed by atoms with Crippen molar-refractivity contribution in [3.05, 3.63) is 69.8 Å². The average Bonchev–Trinajstić information content (AvgIpc) is 3.45. The van der Waals surface area contributed by atoms with Crippen LogP contribution < -0.4 is 5.32 Å². The van der Waals surface area contributed by atoms with Crippen molar-refractivity contribution in [1.82, 2.24) is 4.31 Å². The molecule has 2 aromatic rings. The lowest BCUT2D eigenvalue weighted by Gasteiger charge is -2.37. The van der Waals surface area contributed by atoms with Gasteiger partial charge in [-0.1, -0.05) is 34.1 Å². The summed E-state index contributed by atoms with van der Waals surface area (Å²) in [5.41, 5.74) is -0.692. The van der Waals surface area contributed by atoms with Gasteiger partial charge in [0.2, 0.25) is 0 Å². The van der Waals surface area contributed by atoms with Gasteiger partial charge in [-0.2, -0.15) is 0 Å². The first-order valence-electron chi connectivity index (χ1n) is 11.4. The van der Waals surface area contributed by atoms with E-state index in [0.29, 0.717) is 15.7 Å². The Morgan fingerprint density at radius 2 is 1.66 bits per heavy atom. The number of fused-ring (bicyclic) bond motifs is 1. The van der Waals surface area contributed by atoms with Gasteiger partial charge < -0.3 is 19.5 Å². The Morgan fingerprint density at radius 1 is 1.00 bits per heavy atom. The maximum absolute atomic E-state index is 14.1. The number of hydrogen-bond donors (Lipinski definition) is 1. The molecule has 0 radical (unpaired) electrons. The van der Waals surface area contributed by atoms with E-state index in [1.165, 1.54) is 12.1 Å². The summed E-state index contributed by atoms with van der Waals surface area (Å²) in [5.74, 6) is -2.74. The van der Waals surface area contributed by atoms with Crippen LogP contribution in [0.15, 0.2) is 74.2 Å². The number of nitrogens with zero attached hydrogens (tertiary/aromatic N) is 2. The molecule has 0 aromatic heterocycles. The Kier molecular flexibility index (Phi) is 6.30. The number of esters is 3. The number of para-hydroxylation sites is 1. The molecule has 11 nitrogen and oxygen atoms in total. The lowest BCUT2D eigenvalue weighted by molar-refractivity contribution is -0.144. The number of aliphatic imine (C=N–C) groups is 1. The number of rotatable bonds is 5. The lowest BCUT2D eigenvalue weighted by atomic mass is 9.70. The van der Waals surface area contributed by atoms with E-state index in [4.69, 9.17) is 14.2 Å². The van der Waals surface area contributed by atoms with Crippen molar-refractivity contribution in [3.63, 3.8) is 0 Å². The zero-order valence-electron chi connectivity index (χ0n) is 20.4. The molecule has 3 heterocycles. The molecule has 0 saturated carbocycles. The highest BCUT2D eigenvalue weighted by Crippen LogP contribution is 2.56. The second-order valence-electron chi connectivity index (χ2n) is 8.77. The lowest BCUT2D eigenvalue weighted by Crippen LogP contribution is -2.52. The number of benzene rings is 2. The third-order valence-electron chi connectivity index (χ3n) is 7.00. The number of sulfonamides is 1. The third-order valence-corrected chi connectivity index (χ3v) is 9.34. The quantitative estimate of drug-likeness (QED) is 0.402. The monoisotopic (exact) mass is 603 g/mol. The van der Waals surface area contributed by atoms with Crippen molar-refractivity contribution in [2.45, 2.75) is 28.8 Å². The standard InChI is InChI=1S/C25H22BrN3O8S/c1-35-21(30)17-12-25-15-6-4-5-7-16(15)27-20(25)18(22(31)36-2)19(23(32)37-3)28-24(25)29(17)38(33,34)14-10-8-13(26)9-11-14/h4-11,17,20,27H,12H2,1-3H3/t17-,20-,25-/m0/s1. The van der Waals surface area contributed by atoms with Crippen molar-refractivity contribution in [2.24, 2.45) is 4.99 Å². The molecule has 1 fully saturated rings. The summed E-state index contributed by atoms with van der Waals surface area (Å²) in [7, 11) is -0.979. The van der Waals surface area contributed by atoms with Gasteiger partial charge in [-0.15, -0.1) is 0 Å². The van der Waals surface area contributed by atoms with Gasteiger partial charge in [0.05, 0.1) is 43.3 Å². The highest BCUT2D eigenvalue weighted by molar-refractivity contribution is 9.10. The van der Waals surface area contributed by atoms with Crippen LogP contribution in [0.5, 0.6) is 0 Å². The van der Waals surface area contributed by atoms with E-state index in [9.17, 15) is 22.8 Å². The largest absolute Gasteiger partial charge is 0.467 e. The summed E-state index contributed by atoms with van der Waals surface area (Å²) >= 11 is 3.29. The van der Waals surface area contributed by atoms with Gasteiger partial charge in [0.1, 0.15) is 11.9 Å². The molecule has 3 atom stereocenters. The first-order chi connectivity index (χ1) is 18.1. The maximum Gasteiger partial charge on any atom is 0.357 e. The first-order valence-corrected chi connectivity index (χ1v) is 13.6. The molecule has 38 heavy (non-hydrogen) atoms. The Bertz CT molecular complexity index is 1540. The Balaban J connectivity index is 1.85. The van der Waals surface area contributed by atoms with Crippen molar-refractivity contribution >= 4 is 55.4 Å². The van der Waals surface area contributed by atoms with Crippen LogP contribution in [0.25, 0.3) is 0 Å². The van der Waals surface area contributed by atoms with Gasteiger partial charge >= 0.3 is 17.9 Å². The van der Waals surface area contributed by atoms with Crippen LogP contribution in [0.2, 0.25) is 0 Å². The van der Waals surface area contributed by atoms with E-state index in [1.807, 2.05) is 0 Å². The second-order valence-corrected chi connectivity index (χ2v) is 11.5. The molecule has 1 N–H and O–H groups in total. The predicted molar refractivity (Wildman–Crippen MR) is 138 cm³/mol. The number of carbonyl (C=O) groups excluding carboxylic acids is 3. The number of nitrogens with one attached hydrogen (secondary N) is 1. The fourth-order valence-electron chi connectivity index (χ4n) is 5.40. The summed E-state index contributed by atoms with van der Waals surface area (Å²) in [6, 6.07) is 10.6. The minimum absolute atomic E-state index is 0.104. The van der Waals surface area contributed by atoms with Crippen molar-refractivity contribution < 1.29 is 37.0 Å². The molecule has 1 saturated heterocycles. The van der Waals surface area contributed by atoms with Gasteiger partial charge in [-0.25, -0.2) is 32.1 Å². The average molecular weight is 604 g/mol. The number of anilines is 1. The highest BCUT2D eigenvalue weighted by Gasteiger charge is 2.67. The van der Waals surface area contributed by atoms with Crippen LogP contribution in [0, 0.1) is 0 Å². The van der Waals surface area contributed by atoms with Crippen molar-refractivity contribution in [1.29, 1.82) is 0 Å². The number of ether oxygens (including phenoxy) is 3. The molecular weight excluding hydrogens is 582 g/mol. The predicted octanol–water partition coefficient (Wildman–Crippen LogP) is 2.13. The van der Waals surface area contributed by atoms with Crippen LogP contribution in [-0.4, -0.2) is 69.9 Å². The summed E-state index contributed by atoms with van der Waals surface area (Å²) in [5, 5.41) is 3.24. The molecular formula is C25H22BrN3O8S. The molecule has 0 amide bonds. The van der Waals surface area contributed by atoms with E-state index < -0.39 is 51.1 Å². The number of hydrogen-bond acceptors (Lipinski definition) is 10. The van der Waals surface area contributed by atoms with E-state index in [1.54, 1.807) is 36.4 Å². The van der Waals surface area contributed by atoms with Crippen LogP contribution in [0.4, 0.5) is 5.69 Å². The molecule has 13 heteroatoms. The third kappa shape index (κ3) is 3.56. The highest BCUT2D eigenvalue weighted by atomic mass is 79.9. The SMILES string of the molecule is COC(=O)C1=C(C(=O)OC)[C@@H]2Nc3ccccc3[C@@]23C[C@@H](C(=O)OC)N(S(=O)(=O)c2ccc(Br)cc2)C3=N1. The molecule has 2 aromatic carbocycles.